The minimum Gasteiger partial charge on any atom is -0.490 e. The Morgan fingerprint density at radius 1 is 1.00 bits per heavy atom. The van der Waals surface area contributed by atoms with Crippen molar-refractivity contribution in [1.82, 2.24) is 5.32 Å². The number of carbonyl (C=O) groups excluding carboxylic acids is 3. The number of nitrogens with one attached hydrogen (secondary N) is 1. The van der Waals surface area contributed by atoms with Crippen LogP contribution in [0.15, 0.2) is 83.4 Å². The Kier molecular flexibility index (Phi) is 8.43. The van der Waals surface area contributed by atoms with E-state index in [2.05, 4.69) is 27.8 Å². The number of aryl methyl sites for hydroxylation is 1. The molecule has 3 aromatic carbocycles. The predicted octanol–water partition coefficient (Wildman–Crippen LogP) is 6.13. The Labute approximate surface area is 229 Å². The first-order valence-electron chi connectivity index (χ1n) is 12.1. The van der Waals surface area contributed by atoms with Crippen LogP contribution in [0.5, 0.6) is 11.5 Å². The molecule has 4 amide bonds. The van der Waals surface area contributed by atoms with Gasteiger partial charge in [-0.1, -0.05) is 51.8 Å². The van der Waals surface area contributed by atoms with E-state index in [4.69, 9.17) is 9.47 Å². The van der Waals surface area contributed by atoms with Crippen LogP contribution in [0.4, 0.5) is 10.5 Å². The third-order valence-corrected chi connectivity index (χ3v) is 6.35. The second-order valence-corrected chi connectivity index (χ2v) is 9.56. The molecule has 4 rings (SSSR count). The van der Waals surface area contributed by atoms with E-state index in [0.29, 0.717) is 42.4 Å². The number of imide groups is 2. The van der Waals surface area contributed by atoms with E-state index in [-0.39, 0.29) is 5.57 Å². The van der Waals surface area contributed by atoms with Crippen molar-refractivity contribution in [1.29, 1.82) is 0 Å². The Balaban J connectivity index is 1.71. The van der Waals surface area contributed by atoms with Gasteiger partial charge in [0.15, 0.2) is 11.5 Å². The van der Waals surface area contributed by atoms with E-state index >= 15 is 0 Å². The molecule has 8 heteroatoms. The van der Waals surface area contributed by atoms with Crippen LogP contribution >= 0.6 is 15.9 Å². The van der Waals surface area contributed by atoms with Crippen LogP contribution in [0, 0.1) is 6.92 Å². The van der Waals surface area contributed by atoms with Gasteiger partial charge in [0, 0.05) is 10.0 Å². The van der Waals surface area contributed by atoms with Gasteiger partial charge in [0.25, 0.3) is 11.8 Å². The van der Waals surface area contributed by atoms with Gasteiger partial charge in [-0.25, -0.2) is 9.69 Å². The van der Waals surface area contributed by atoms with Gasteiger partial charge < -0.3 is 9.47 Å². The lowest BCUT2D eigenvalue weighted by atomic mass is 10.0. The van der Waals surface area contributed by atoms with Gasteiger partial charge in [0.2, 0.25) is 0 Å². The number of rotatable bonds is 9. The fourth-order valence-corrected chi connectivity index (χ4v) is 4.25. The molecular weight excluding hydrogens is 548 g/mol. The van der Waals surface area contributed by atoms with Crippen LogP contribution in [0.25, 0.3) is 6.08 Å². The molecule has 0 unspecified atom stereocenters. The van der Waals surface area contributed by atoms with Crippen LogP contribution in [0.1, 0.15) is 29.2 Å². The van der Waals surface area contributed by atoms with Gasteiger partial charge in [0.1, 0.15) is 12.2 Å². The molecule has 0 saturated carbocycles. The van der Waals surface area contributed by atoms with Crippen molar-refractivity contribution >= 4 is 45.5 Å². The summed E-state index contributed by atoms with van der Waals surface area (Å²) < 4.78 is 13.0. The first kappa shape index (κ1) is 26.9. The lowest BCUT2D eigenvalue weighted by Crippen LogP contribution is -2.54. The molecule has 0 aliphatic carbocycles. The molecule has 1 heterocycles. The lowest BCUT2D eigenvalue weighted by Gasteiger charge is -2.26. The smallest absolute Gasteiger partial charge is 0.335 e. The summed E-state index contributed by atoms with van der Waals surface area (Å²) in [4.78, 5) is 39.5. The van der Waals surface area contributed by atoms with E-state index < -0.39 is 17.8 Å². The summed E-state index contributed by atoms with van der Waals surface area (Å²) in [5.41, 5.74) is 3.50. The van der Waals surface area contributed by atoms with E-state index in [1.165, 1.54) is 6.08 Å². The highest BCUT2D eigenvalue weighted by molar-refractivity contribution is 9.10. The van der Waals surface area contributed by atoms with Gasteiger partial charge in [-0.05, 0) is 73.9 Å². The van der Waals surface area contributed by atoms with Crippen molar-refractivity contribution in [2.24, 2.45) is 0 Å². The first-order chi connectivity index (χ1) is 18.3. The normalized spacial score (nSPS) is 14.4. The average Bonchev–Trinajstić information content (AvgIpc) is 2.88. The second kappa shape index (κ2) is 11.9. The number of ether oxygens (including phenoxy) is 2. The highest BCUT2D eigenvalue weighted by Gasteiger charge is 2.36. The number of nitrogens with zero attached hydrogens (tertiary/aromatic N) is 1. The lowest BCUT2D eigenvalue weighted by molar-refractivity contribution is -0.122. The third kappa shape index (κ3) is 6.03. The predicted molar refractivity (Wildman–Crippen MR) is 150 cm³/mol. The van der Waals surface area contributed by atoms with E-state index in [9.17, 15) is 14.4 Å². The van der Waals surface area contributed by atoms with Crippen molar-refractivity contribution in [3.8, 4) is 11.5 Å². The molecule has 0 atom stereocenters. The molecule has 7 nitrogen and oxygen atoms in total. The van der Waals surface area contributed by atoms with E-state index in [0.717, 1.165) is 26.1 Å². The molecule has 0 spiro atoms. The Morgan fingerprint density at radius 2 is 1.71 bits per heavy atom. The minimum absolute atomic E-state index is 0.166. The van der Waals surface area contributed by atoms with Crippen molar-refractivity contribution in [2.45, 2.75) is 26.9 Å². The summed E-state index contributed by atoms with van der Waals surface area (Å²) in [5.74, 6) is -0.429. The molecular formula is C30H27BrN2O5. The number of allylic oxidation sites excluding steroid dienone is 1. The van der Waals surface area contributed by atoms with Crippen molar-refractivity contribution in [3.63, 3.8) is 0 Å². The molecule has 1 saturated heterocycles. The molecule has 0 bridgehead atoms. The second-order valence-electron chi connectivity index (χ2n) is 8.64. The quantitative estimate of drug-likeness (QED) is 0.189. The van der Waals surface area contributed by atoms with E-state index in [1.54, 1.807) is 36.4 Å². The fraction of sp³-hybridized carbons (Fsp3) is 0.167. The number of halogens is 1. The Bertz CT molecular complexity index is 1410. The van der Waals surface area contributed by atoms with Gasteiger partial charge in [-0.3, -0.25) is 14.9 Å². The molecule has 1 aliphatic rings. The van der Waals surface area contributed by atoms with Crippen LogP contribution in [-0.2, 0) is 22.6 Å². The minimum atomic E-state index is -0.792. The third-order valence-electron chi connectivity index (χ3n) is 5.82. The molecule has 3 aromatic rings. The van der Waals surface area contributed by atoms with Crippen LogP contribution in [0.2, 0.25) is 0 Å². The zero-order chi connectivity index (χ0) is 27.2. The number of hydrogen-bond donors (Lipinski definition) is 1. The number of carbonyl (C=O) groups is 3. The molecule has 0 radical (unpaired) electrons. The highest BCUT2D eigenvalue weighted by atomic mass is 79.9. The Hall–Kier alpha value is -4.17. The fourth-order valence-electron chi connectivity index (χ4n) is 3.99. The summed E-state index contributed by atoms with van der Waals surface area (Å²) >= 11 is 3.43. The number of barbiturate groups is 1. The summed E-state index contributed by atoms with van der Waals surface area (Å²) in [6.07, 6.45) is 3.67. The average molecular weight is 575 g/mol. The van der Waals surface area contributed by atoms with Gasteiger partial charge in [-0.2, -0.15) is 0 Å². The molecule has 1 fully saturated rings. The van der Waals surface area contributed by atoms with Crippen molar-refractivity contribution in [2.75, 3.05) is 11.5 Å². The number of hydrogen-bond acceptors (Lipinski definition) is 5. The Morgan fingerprint density at radius 3 is 2.37 bits per heavy atom. The van der Waals surface area contributed by atoms with Gasteiger partial charge in [-0.15, -0.1) is 6.58 Å². The van der Waals surface area contributed by atoms with Crippen molar-refractivity contribution < 1.29 is 23.9 Å². The SMILES string of the molecule is C=CCc1cc(/C=C2\C(=O)NC(=O)N(c3ccc(C)cc3)C2=O)cc(OCC)c1OCc1ccc(Br)cc1. The molecule has 38 heavy (non-hydrogen) atoms. The number of urea groups is 1. The highest BCUT2D eigenvalue weighted by Crippen LogP contribution is 2.36. The molecule has 1 aliphatic heterocycles. The van der Waals surface area contributed by atoms with Crippen LogP contribution in [-0.4, -0.2) is 24.5 Å². The standard InChI is InChI=1S/C30H27BrN2O5/c1-4-6-22-15-21(17-26(37-5-2)27(22)38-18-20-9-11-23(31)12-10-20)16-25-28(34)32-30(36)33(29(25)35)24-13-7-19(3)8-14-24/h4,7-17H,1,5-6,18H2,2-3H3,(H,32,34,36)/b25-16+. The maximum atomic E-state index is 13.3. The van der Waals surface area contributed by atoms with Gasteiger partial charge in [0.05, 0.1) is 12.3 Å². The summed E-state index contributed by atoms with van der Waals surface area (Å²) in [7, 11) is 0. The first-order valence-corrected chi connectivity index (χ1v) is 12.9. The number of amides is 4. The molecule has 0 aromatic heterocycles. The zero-order valence-corrected chi connectivity index (χ0v) is 22.7. The molecule has 1 N–H and O–H groups in total. The van der Waals surface area contributed by atoms with Crippen molar-refractivity contribution in [3.05, 3.63) is 106 Å². The molecule has 194 valence electrons. The maximum Gasteiger partial charge on any atom is 0.335 e. The number of benzene rings is 3. The summed E-state index contributed by atoms with van der Waals surface area (Å²) in [6.45, 7) is 8.32. The summed E-state index contributed by atoms with van der Waals surface area (Å²) in [6, 6.07) is 17.5. The van der Waals surface area contributed by atoms with E-state index in [1.807, 2.05) is 44.2 Å². The van der Waals surface area contributed by atoms with Gasteiger partial charge >= 0.3 is 6.03 Å². The topological polar surface area (TPSA) is 84.9 Å². The zero-order valence-electron chi connectivity index (χ0n) is 21.1. The largest absolute Gasteiger partial charge is 0.490 e. The van der Waals surface area contributed by atoms with Crippen LogP contribution < -0.4 is 19.7 Å². The monoisotopic (exact) mass is 574 g/mol. The summed E-state index contributed by atoms with van der Waals surface area (Å²) in [5, 5.41) is 2.26. The van der Waals surface area contributed by atoms with Crippen LogP contribution in [0.3, 0.4) is 0 Å². The number of anilines is 1. The maximum absolute atomic E-state index is 13.3.